The van der Waals surface area contributed by atoms with E-state index in [0.717, 1.165) is 35.3 Å². The number of nitrogen functional groups attached to an aromatic ring is 1. The van der Waals surface area contributed by atoms with Crippen LogP contribution in [0.15, 0.2) is 53.3 Å². The first-order valence-corrected chi connectivity index (χ1v) is 6.24. The van der Waals surface area contributed by atoms with Crippen molar-refractivity contribution < 1.29 is 4.42 Å². The summed E-state index contributed by atoms with van der Waals surface area (Å²) in [6, 6.07) is 11.7. The zero-order chi connectivity index (χ0) is 13.1. The Morgan fingerprint density at radius 3 is 2.95 bits per heavy atom. The number of nitrogens with zero attached hydrogens (tertiary/aromatic N) is 1. The first-order valence-electron chi connectivity index (χ1n) is 6.24. The molecule has 4 nitrogen and oxygen atoms in total. The summed E-state index contributed by atoms with van der Waals surface area (Å²) in [7, 11) is 0. The Kier molecular flexibility index (Phi) is 3.06. The molecule has 3 aromatic rings. The molecule has 96 valence electrons. The van der Waals surface area contributed by atoms with Crippen LogP contribution in [0.4, 0.5) is 11.4 Å². The topological polar surface area (TPSA) is 64.1 Å². The average Bonchev–Trinajstić information content (AvgIpc) is 2.95. The van der Waals surface area contributed by atoms with Crippen LogP contribution in [0.3, 0.4) is 0 Å². The van der Waals surface area contributed by atoms with E-state index >= 15 is 0 Å². The smallest absolute Gasteiger partial charge is 0.105 e. The second-order valence-corrected chi connectivity index (χ2v) is 4.36. The summed E-state index contributed by atoms with van der Waals surface area (Å²) in [5.41, 5.74) is 8.51. The van der Waals surface area contributed by atoms with Crippen molar-refractivity contribution in [3.8, 4) is 0 Å². The molecule has 3 rings (SSSR count). The Morgan fingerprint density at radius 1 is 1.16 bits per heavy atom. The molecule has 0 aliphatic rings. The lowest BCUT2D eigenvalue weighted by Crippen LogP contribution is -2.05. The van der Waals surface area contributed by atoms with Crippen LogP contribution in [0.5, 0.6) is 0 Å². The number of pyridine rings is 1. The molecule has 0 aliphatic carbocycles. The van der Waals surface area contributed by atoms with Gasteiger partial charge in [0.25, 0.3) is 0 Å². The third-order valence-corrected chi connectivity index (χ3v) is 3.07. The van der Waals surface area contributed by atoms with Crippen molar-refractivity contribution in [3.05, 3.63) is 54.6 Å². The third-order valence-electron chi connectivity index (χ3n) is 3.07. The molecule has 0 radical (unpaired) electrons. The van der Waals surface area contributed by atoms with Crippen molar-refractivity contribution in [3.63, 3.8) is 0 Å². The third kappa shape index (κ3) is 2.38. The number of benzene rings is 1. The lowest BCUT2D eigenvalue weighted by Gasteiger charge is -2.10. The Labute approximate surface area is 111 Å². The minimum absolute atomic E-state index is 0.701. The van der Waals surface area contributed by atoms with Gasteiger partial charge in [0, 0.05) is 30.2 Å². The number of nitrogens with one attached hydrogen (secondary N) is 1. The highest BCUT2D eigenvalue weighted by Crippen LogP contribution is 2.26. The molecule has 0 atom stereocenters. The molecule has 1 aromatic carbocycles. The summed E-state index contributed by atoms with van der Waals surface area (Å²) in [6.07, 6.45) is 4.29. The maximum Gasteiger partial charge on any atom is 0.105 e. The van der Waals surface area contributed by atoms with Crippen LogP contribution in [0.25, 0.3) is 10.9 Å². The largest absolute Gasteiger partial charge is 0.469 e. The van der Waals surface area contributed by atoms with E-state index in [9.17, 15) is 0 Å². The number of hydrogen-bond acceptors (Lipinski definition) is 4. The summed E-state index contributed by atoms with van der Waals surface area (Å²) in [6.45, 7) is 0.807. The summed E-state index contributed by atoms with van der Waals surface area (Å²) in [5, 5.41) is 4.44. The molecule has 2 heterocycles. The number of anilines is 2. The first-order chi connectivity index (χ1) is 9.34. The number of furan rings is 1. The van der Waals surface area contributed by atoms with Crippen LogP contribution >= 0.6 is 0 Å². The van der Waals surface area contributed by atoms with Crippen molar-refractivity contribution in [2.24, 2.45) is 0 Å². The van der Waals surface area contributed by atoms with E-state index in [-0.39, 0.29) is 0 Å². The van der Waals surface area contributed by atoms with Gasteiger partial charge in [0.1, 0.15) is 5.76 Å². The minimum Gasteiger partial charge on any atom is -0.469 e. The molecule has 0 spiro atoms. The Morgan fingerprint density at radius 2 is 2.11 bits per heavy atom. The van der Waals surface area contributed by atoms with Gasteiger partial charge in [-0.05, 0) is 36.4 Å². The van der Waals surface area contributed by atoms with Gasteiger partial charge in [0.05, 0.1) is 17.5 Å². The Balaban J connectivity index is 1.79. The molecule has 0 unspecified atom stereocenters. The van der Waals surface area contributed by atoms with Gasteiger partial charge in [-0.15, -0.1) is 0 Å². The summed E-state index contributed by atoms with van der Waals surface area (Å²) >= 11 is 0. The van der Waals surface area contributed by atoms with E-state index in [4.69, 9.17) is 10.2 Å². The van der Waals surface area contributed by atoms with Gasteiger partial charge in [0.2, 0.25) is 0 Å². The molecule has 4 heteroatoms. The maximum absolute atomic E-state index is 5.93. The van der Waals surface area contributed by atoms with Gasteiger partial charge in [-0.25, -0.2) is 0 Å². The van der Waals surface area contributed by atoms with Crippen LogP contribution in [0.2, 0.25) is 0 Å². The minimum atomic E-state index is 0.701. The highest BCUT2D eigenvalue weighted by atomic mass is 16.3. The average molecular weight is 253 g/mol. The molecular formula is C15H15N3O. The molecule has 19 heavy (non-hydrogen) atoms. The van der Waals surface area contributed by atoms with Gasteiger partial charge in [-0.1, -0.05) is 0 Å². The fraction of sp³-hybridized carbons (Fsp3) is 0.133. The lowest BCUT2D eigenvalue weighted by molar-refractivity contribution is 0.513. The van der Waals surface area contributed by atoms with Crippen LogP contribution in [-0.2, 0) is 6.42 Å². The van der Waals surface area contributed by atoms with Crippen LogP contribution in [0.1, 0.15) is 5.76 Å². The van der Waals surface area contributed by atoms with E-state index in [1.807, 2.05) is 36.4 Å². The molecule has 0 aliphatic heterocycles. The maximum atomic E-state index is 5.93. The van der Waals surface area contributed by atoms with E-state index in [0.29, 0.717) is 5.69 Å². The van der Waals surface area contributed by atoms with E-state index in [1.165, 1.54) is 0 Å². The molecular weight excluding hydrogens is 238 g/mol. The fourth-order valence-electron chi connectivity index (χ4n) is 2.12. The van der Waals surface area contributed by atoms with Crippen molar-refractivity contribution >= 4 is 22.3 Å². The number of hydrogen-bond donors (Lipinski definition) is 2. The normalized spacial score (nSPS) is 10.7. The second kappa shape index (κ2) is 5.02. The SMILES string of the molecule is Nc1ccc(NCCc2ccco2)c2cccnc12. The number of fused-ring (bicyclic) bond motifs is 1. The standard InChI is InChI=1S/C15H15N3O/c16-13-5-6-14(12-4-1-8-18-15(12)13)17-9-7-11-3-2-10-19-11/h1-6,8,10,17H,7,9,16H2. The lowest BCUT2D eigenvalue weighted by atomic mass is 10.1. The van der Waals surface area contributed by atoms with E-state index < -0.39 is 0 Å². The summed E-state index contributed by atoms with van der Waals surface area (Å²) in [4.78, 5) is 4.32. The fourth-order valence-corrected chi connectivity index (χ4v) is 2.12. The second-order valence-electron chi connectivity index (χ2n) is 4.36. The van der Waals surface area contributed by atoms with Crippen molar-refractivity contribution in [1.82, 2.24) is 4.98 Å². The number of rotatable bonds is 4. The first kappa shape index (κ1) is 11.6. The van der Waals surface area contributed by atoms with Crippen molar-refractivity contribution in [2.45, 2.75) is 6.42 Å². The van der Waals surface area contributed by atoms with Gasteiger partial charge < -0.3 is 15.5 Å². The molecule has 3 N–H and O–H groups in total. The van der Waals surface area contributed by atoms with Gasteiger partial charge in [-0.2, -0.15) is 0 Å². The van der Waals surface area contributed by atoms with Crippen LogP contribution in [-0.4, -0.2) is 11.5 Å². The van der Waals surface area contributed by atoms with Gasteiger partial charge in [0.15, 0.2) is 0 Å². The van der Waals surface area contributed by atoms with Gasteiger partial charge in [-0.3, -0.25) is 4.98 Å². The zero-order valence-electron chi connectivity index (χ0n) is 10.5. The molecule has 0 saturated carbocycles. The quantitative estimate of drug-likeness (QED) is 0.701. The molecule has 2 aromatic heterocycles. The Bertz CT molecular complexity index is 677. The number of aromatic nitrogens is 1. The molecule has 0 bridgehead atoms. The van der Waals surface area contributed by atoms with E-state index in [1.54, 1.807) is 12.5 Å². The van der Waals surface area contributed by atoms with Crippen molar-refractivity contribution in [1.29, 1.82) is 0 Å². The van der Waals surface area contributed by atoms with Crippen LogP contribution in [0, 0.1) is 0 Å². The molecule has 0 fully saturated rings. The monoisotopic (exact) mass is 253 g/mol. The highest BCUT2D eigenvalue weighted by molar-refractivity contribution is 5.98. The predicted molar refractivity (Wildman–Crippen MR) is 77.1 cm³/mol. The summed E-state index contributed by atoms with van der Waals surface area (Å²) in [5.74, 6) is 0.977. The zero-order valence-corrected chi connectivity index (χ0v) is 10.5. The Hall–Kier alpha value is -2.49. The molecule has 0 saturated heterocycles. The predicted octanol–water partition coefficient (Wildman–Crippen LogP) is 3.06. The summed E-state index contributed by atoms with van der Waals surface area (Å²) < 4.78 is 5.31. The van der Waals surface area contributed by atoms with Gasteiger partial charge >= 0.3 is 0 Å². The van der Waals surface area contributed by atoms with Crippen molar-refractivity contribution in [2.75, 3.05) is 17.6 Å². The van der Waals surface area contributed by atoms with E-state index in [2.05, 4.69) is 10.3 Å². The molecule has 0 amide bonds. The van der Waals surface area contributed by atoms with Crippen LogP contribution < -0.4 is 11.1 Å². The highest BCUT2D eigenvalue weighted by Gasteiger charge is 2.04. The number of nitrogens with two attached hydrogens (primary N) is 1.